The topological polar surface area (TPSA) is 69.6 Å². The number of carbonyl (C=O) groups is 2. The first-order valence-electron chi connectivity index (χ1n) is 7.35. The van der Waals surface area contributed by atoms with Gasteiger partial charge in [0.1, 0.15) is 0 Å². The zero-order valence-corrected chi connectivity index (χ0v) is 12.9. The highest BCUT2D eigenvalue weighted by Gasteiger charge is 2.26. The molecule has 116 valence electrons. The molecule has 1 aliphatic rings. The van der Waals surface area contributed by atoms with Gasteiger partial charge in [0.2, 0.25) is 0 Å². The molecule has 2 heterocycles. The van der Waals surface area contributed by atoms with Gasteiger partial charge in [-0.05, 0) is 47.4 Å². The van der Waals surface area contributed by atoms with Gasteiger partial charge in [-0.1, -0.05) is 6.07 Å². The summed E-state index contributed by atoms with van der Waals surface area (Å²) in [5, 5.41) is 15.1. The zero-order chi connectivity index (χ0) is 15.5. The van der Waals surface area contributed by atoms with Gasteiger partial charge in [0.25, 0.3) is 0 Å². The van der Waals surface area contributed by atoms with Crippen molar-refractivity contribution in [1.29, 1.82) is 0 Å². The number of piperidine rings is 1. The predicted octanol–water partition coefficient (Wildman–Crippen LogP) is 2.91. The van der Waals surface area contributed by atoms with E-state index in [1.54, 1.807) is 16.2 Å². The van der Waals surface area contributed by atoms with Gasteiger partial charge in [-0.3, -0.25) is 4.79 Å². The quantitative estimate of drug-likeness (QED) is 0.914. The van der Waals surface area contributed by atoms with E-state index in [-0.39, 0.29) is 11.9 Å². The number of likely N-dealkylation sites (tertiary alicyclic amines) is 1. The Balaban J connectivity index is 1.53. The van der Waals surface area contributed by atoms with Crippen molar-refractivity contribution in [2.75, 3.05) is 13.1 Å². The SMILES string of the molecule is O=C(O)C1CCN(C(=O)NCc2ccc3sccc3c2)CC1. The van der Waals surface area contributed by atoms with Gasteiger partial charge in [-0.25, -0.2) is 4.79 Å². The van der Waals surface area contributed by atoms with Crippen LogP contribution < -0.4 is 5.32 Å². The summed E-state index contributed by atoms with van der Waals surface area (Å²) in [7, 11) is 0. The molecule has 1 aromatic heterocycles. The molecule has 0 spiro atoms. The van der Waals surface area contributed by atoms with Crippen LogP contribution in [0.2, 0.25) is 0 Å². The van der Waals surface area contributed by atoms with Gasteiger partial charge in [0, 0.05) is 24.3 Å². The van der Waals surface area contributed by atoms with Gasteiger partial charge in [0.05, 0.1) is 5.92 Å². The van der Waals surface area contributed by atoms with Crippen LogP contribution in [-0.2, 0) is 11.3 Å². The van der Waals surface area contributed by atoms with E-state index in [9.17, 15) is 9.59 Å². The Morgan fingerprint density at radius 1 is 1.27 bits per heavy atom. The summed E-state index contributed by atoms with van der Waals surface area (Å²) in [5.74, 6) is -1.07. The van der Waals surface area contributed by atoms with Crippen molar-refractivity contribution < 1.29 is 14.7 Å². The molecular weight excluding hydrogens is 300 g/mol. The Kier molecular flexibility index (Phi) is 4.29. The molecule has 1 saturated heterocycles. The number of carboxylic acid groups (broad SMARTS) is 1. The molecule has 1 fully saturated rings. The second-order valence-electron chi connectivity index (χ2n) is 5.55. The van der Waals surface area contributed by atoms with Crippen molar-refractivity contribution in [2.45, 2.75) is 19.4 Å². The smallest absolute Gasteiger partial charge is 0.317 e. The number of nitrogens with one attached hydrogen (secondary N) is 1. The second-order valence-corrected chi connectivity index (χ2v) is 6.50. The number of carbonyl (C=O) groups excluding carboxylic acids is 1. The van der Waals surface area contributed by atoms with Gasteiger partial charge >= 0.3 is 12.0 Å². The molecule has 6 heteroatoms. The average molecular weight is 318 g/mol. The third kappa shape index (κ3) is 3.22. The lowest BCUT2D eigenvalue weighted by Gasteiger charge is -2.30. The Hall–Kier alpha value is -2.08. The van der Waals surface area contributed by atoms with E-state index in [0.29, 0.717) is 32.5 Å². The average Bonchev–Trinajstić information content (AvgIpc) is 3.00. The molecule has 1 aliphatic heterocycles. The van der Waals surface area contributed by atoms with E-state index < -0.39 is 5.97 Å². The molecule has 0 unspecified atom stereocenters. The lowest BCUT2D eigenvalue weighted by Crippen LogP contribution is -2.45. The molecule has 0 saturated carbocycles. The van der Waals surface area contributed by atoms with E-state index in [4.69, 9.17) is 5.11 Å². The van der Waals surface area contributed by atoms with Crippen LogP contribution in [0.1, 0.15) is 18.4 Å². The van der Waals surface area contributed by atoms with Crippen LogP contribution >= 0.6 is 11.3 Å². The first-order chi connectivity index (χ1) is 10.6. The van der Waals surface area contributed by atoms with Crippen molar-refractivity contribution in [3.8, 4) is 0 Å². The van der Waals surface area contributed by atoms with E-state index in [1.807, 2.05) is 6.07 Å². The number of amides is 2. The largest absolute Gasteiger partial charge is 0.481 e. The van der Waals surface area contributed by atoms with Crippen molar-refractivity contribution in [3.63, 3.8) is 0 Å². The minimum absolute atomic E-state index is 0.116. The fraction of sp³-hybridized carbons (Fsp3) is 0.375. The normalized spacial score (nSPS) is 15.9. The van der Waals surface area contributed by atoms with Gasteiger partial charge < -0.3 is 15.3 Å². The molecule has 22 heavy (non-hydrogen) atoms. The molecule has 2 aromatic rings. The van der Waals surface area contributed by atoms with Crippen LogP contribution in [-0.4, -0.2) is 35.1 Å². The monoisotopic (exact) mass is 318 g/mol. The van der Waals surface area contributed by atoms with Crippen LogP contribution in [0.4, 0.5) is 4.79 Å². The van der Waals surface area contributed by atoms with Crippen LogP contribution in [0.25, 0.3) is 10.1 Å². The van der Waals surface area contributed by atoms with Gasteiger partial charge in [-0.15, -0.1) is 11.3 Å². The highest BCUT2D eigenvalue weighted by atomic mass is 32.1. The number of rotatable bonds is 3. The van der Waals surface area contributed by atoms with E-state index >= 15 is 0 Å². The fourth-order valence-electron chi connectivity index (χ4n) is 2.75. The summed E-state index contributed by atoms with van der Waals surface area (Å²) in [6, 6.07) is 8.13. The van der Waals surface area contributed by atoms with Crippen LogP contribution in [0, 0.1) is 5.92 Å². The highest BCUT2D eigenvalue weighted by molar-refractivity contribution is 7.17. The molecule has 0 radical (unpaired) electrons. The van der Waals surface area contributed by atoms with Crippen LogP contribution in [0.5, 0.6) is 0 Å². The first-order valence-corrected chi connectivity index (χ1v) is 8.23. The number of fused-ring (bicyclic) bond motifs is 1. The number of benzene rings is 1. The van der Waals surface area contributed by atoms with Crippen LogP contribution in [0.15, 0.2) is 29.6 Å². The van der Waals surface area contributed by atoms with Gasteiger partial charge in [0.15, 0.2) is 0 Å². The Morgan fingerprint density at radius 3 is 2.77 bits per heavy atom. The third-order valence-corrected chi connectivity index (χ3v) is 4.99. The Morgan fingerprint density at radius 2 is 2.05 bits per heavy atom. The van der Waals surface area contributed by atoms with Crippen molar-refractivity contribution in [3.05, 3.63) is 35.2 Å². The lowest BCUT2D eigenvalue weighted by atomic mass is 9.97. The lowest BCUT2D eigenvalue weighted by molar-refractivity contribution is -0.143. The maximum Gasteiger partial charge on any atom is 0.317 e. The van der Waals surface area contributed by atoms with Crippen molar-refractivity contribution >= 4 is 33.4 Å². The van der Waals surface area contributed by atoms with E-state index in [1.165, 1.54) is 10.1 Å². The summed E-state index contributed by atoms with van der Waals surface area (Å²) >= 11 is 1.70. The minimum Gasteiger partial charge on any atom is -0.481 e. The van der Waals surface area contributed by atoms with E-state index in [2.05, 4.69) is 28.9 Å². The summed E-state index contributed by atoms with van der Waals surface area (Å²) < 4.78 is 1.24. The molecule has 0 aliphatic carbocycles. The Bertz CT molecular complexity index is 690. The number of carboxylic acids is 1. The molecule has 1 aromatic carbocycles. The maximum absolute atomic E-state index is 12.1. The number of thiophene rings is 1. The molecule has 3 rings (SSSR count). The second kappa shape index (κ2) is 6.36. The molecule has 0 atom stereocenters. The van der Waals surface area contributed by atoms with Crippen LogP contribution in [0.3, 0.4) is 0 Å². The standard InChI is InChI=1S/C16H18N2O3S/c19-15(20)12-3-6-18(7-4-12)16(21)17-10-11-1-2-14-13(9-11)5-8-22-14/h1-2,5,8-9,12H,3-4,6-7,10H2,(H,17,21)(H,19,20). The molecule has 2 amide bonds. The number of nitrogens with zero attached hydrogens (tertiary/aromatic N) is 1. The predicted molar refractivity (Wildman–Crippen MR) is 86.0 cm³/mol. The number of hydrogen-bond donors (Lipinski definition) is 2. The first kappa shape index (κ1) is 14.8. The molecule has 2 N–H and O–H groups in total. The molecular formula is C16H18N2O3S. The molecule has 0 bridgehead atoms. The molecule has 5 nitrogen and oxygen atoms in total. The minimum atomic E-state index is -0.760. The van der Waals surface area contributed by atoms with Crippen molar-refractivity contribution in [2.24, 2.45) is 5.92 Å². The maximum atomic E-state index is 12.1. The summed E-state index contributed by atoms with van der Waals surface area (Å²) in [5.41, 5.74) is 1.07. The zero-order valence-electron chi connectivity index (χ0n) is 12.1. The van der Waals surface area contributed by atoms with Gasteiger partial charge in [-0.2, -0.15) is 0 Å². The van der Waals surface area contributed by atoms with Crippen molar-refractivity contribution in [1.82, 2.24) is 10.2 Å². The van der Waals surface area contributed by atoms with E-state index in [0.717, 1.165) is 5.56 Å². The fourth-order valence-corrected chi connectivity index (χ4v) is 3.52. The summed E-state index contributed by atoms with van der Waals surface area (Å²) in [6.07, 6.45) is 1.06. The Labute approximate surface area is 132 Å². The third-order valence-electron chi connectivity index (χ3n) is 4.09. The summed E-state index contributed by atoms with van der Waals surface area (Å²) in [6.45, 7) is 1.50. The number of hydrogen-bond acceptors (Lipinski definition) is 3. The summed E-state index contributed by atoms with van der Waals surface area (Å²) in [4.78, 5) is 24.7. The number of urea groups is 1. The number of aliphatic carboxylic acids is 1. The highest BCUT2D eigenvalue weighted by Crippen LogP contribution is 2.22.